The molecule has 0 aliphatic carbocycles. The molecule has 0 radical (unpaired) electrons. The molecule has 1 unspecified atom stereocenters. The van der Waals surface area contributed by atoms with E-state index in [0.717, 1.165) is 19.0 Å². The van der Waals surface area contributed by atoms with Crippen molar-refractivity contribution >= 4 is 16.5 Å². The molecule has 0 saturated carbocycles. The van der Waals surface area contributed by atoms with Crippen LogP contribution < -0.4 is 10.2 Å². The molecule has 1 aromatic rings. The van der Waals surface area contributed by atoms with E-state index < -0.39 is 0 Å². The standard InChI is InChI=1S/C12H21N3S/c1-3-13-7-11-9-16-12(14-11)15-6-4-5-10(2)8-15/h9-10,13H,3-8H2,1-2H3. The predicted molar refractivity (Wildman–Crippen MR) is 70.1 cm³/mol. The summed E-state index contributed by atoms with van der Waals surface area (Å²) >= 11 is 1.78. The van der Waals surface area contributed by atoms with E-state index in [9.17, 15) is 0 Å². The van der Waals surface area contributed by atoms with E-state index in [0.29, 0.717) is 0 Å². The second kappa shape index (κ2) is 5.64. The normalized spacial score (nSPS) is 21.4. The van der Waals surface area contributed by atoms with Crippen molar-refractivity contribution < 1.29 is 0 Å². The van der Waals surface area contributed by atoms with E-state index in [2.05, 4.69) is 34.4 Å². The monoisotopic (exact) mass is 239 g/mol. The van der Waals surface area contributed by atoms with Gasteiger partial charge in [-0.1, -0.05) is 13.8 Å². The number of aromatic nitrogens is 1. The fourth-order valence-corrected chi connectivity index (χ4v) is 3.00. The minimum absolute atomic E-state index is 0.815. The zero-order valence-corrected chi connectivity index (χ0v) is 11.0. The lowest BCUT2D eigenvalue weighted by atomic mass is 10.0. The highest BCUT2D eigenvalue weighted by Gasteiger charge is 2.18. The molecule has 16 heavy (non-hydrogen) atoms. The van der Waals surface area contributed by atoms with E-state index in [-0.39, 0.29) is 0 Å². The molecular weight excluding hydrogens is 218 g/mol. The summed E-state index contributed by atoms with van der Waals surface area (Å²) in [5.41, 5.74) is 1.18. The van der Waals surface area contributed by atoms with Gasteiger partial charge in [0.2, 0.25) is 0 Å². The van der Waals surface area contributed by atoms with Crippen LogP contribution in [0.5, 0.6) is 0 Å². The molecule has 1 aliphatic heterocycles. The van der Waals surface area contributed by atoms with Crippen molar-refractivity contribution in [2.45, 2.75) is 33.2 Å². The van der Waals surface area contributed by atoms with Crippen molar-refractivity contribution in [3.05, 3.63) is 11.1 Å². The van der Waals surface area contributed by atoms with Crippen molar-refractivity contribution in [3.8, 4) is 0 Å². The molecule has 1 aromatic heterocycles. The molecule has 0 aromatic carbocycles. The average molecular weight is 239 g/mol. The van der Waals surface area contributed by atoms with Gasteiger partial charge in [-0.2, -0.15) is 0 Å². The maximum Gasteiger partial charge on any atom is 0.185 e. The topological polar surface area (TPSA) is 28.2 Å². The van der Waals surface area contributed by atoms with Crippen LogP contribution in [0.2, 0.25) is 0 Å². The van der Waals surface area contributed by atoms with Gasteiger partial charge in [0.1, 0.15) is 0 Å². The number of hydrogen-bond donors (Lipinski definition) is 1. The lowest BCUT2D eigenvalue weighted by molar-refractivity contribution is 0.446. The van der Waals surface area contributed by atoms with Crippen LogP contribution in [0.25, 0.3) is 0 Å². The number of thiazole rings is 1. The molecule has 1 N–H and O–H groups in total. The van der Waals surface area contributed by atoms with Crippen molar-refractivity contribution in [1.82, 2.24) is 10.3 Å². The van der Waals surface area contributed by atoms with E-state index in [4.69, 9.17) is 0 Å². The quantitative estimate of drug-likeness (QED) is 0.875. The third kappa shape index (κ3) is 2.95. The second-order valence-electron chi connectivity index (χ2n) is 4.60. The Balaban J connectivity index is 1.95. The molecule has 90 valence electrons. The van der Waals surface area contributed by atoms with Gasteiger partial charge in [-0.3, -0.25) is 0 Å². The third-order valence-electron chi connectivity index (χ3n) is 3.02. The van der Waals surface area contributed by atoms with Gasteiger partial charge in [0, 0.05) is 25.0 Å². The highest BCUT2D eigenvalue weighted by molar-refractivity contribution is 7.13. The number of hydrogen-bond acceptors (Lipinski definition) is 4. The Morgan fingerprint density at radius 1 is 1.62 bits per heavy atom. The zero-order chi connectivity index (χ0) is 11.4. The molecule has 1 saturated heterocycles. The van der Waals surface area contributed by atoms with Gasteiger partial charge in [0.25, 0.3) is 0 Å². The Bertz CT molecular complexity index is 324. The maximum absolute atomic E-state index is 4.69. The summed E-state index contributed by atoms with van der Waals surface area (Å²) in [5.74, 6) is 0.815. The first-order valence-corrected chi connectivity index (χ1v) is 7.07. The fourth-order valence-electron chi connectivity index (χ4n) is 2.14. The van der Waals surface area contributed by atoms with Gasteiger partial charge >= 0.3 is 0 Å². The van der Waals surface area contributed by atoms with Gasteiger partial charge in [0.05, 0.1) is 5.69 Å². The number of anilines is 1. The molecule has 1 fully saturated rings. The van der Waals surface area contributed by atoms with Crippen molar-refractivity contribution in [2.24, 2.45) is 5.92 Å². The number of rotatable bonds is 4. The molecule has 1 atom stereocenters. The van der Waals surface area contributed by atoms with E-state index in [1.807, 2.05) is 0 Å². The smallest absolute Gasteiger partial charge is 0.185 e. The third-order valence-corrected chi connectivity index (χ3v) is 3.97. The summed E-state index contributed by atoms with van der Waals surface area (Å²) in [5, 5.41) is 6.70. The van der Waals surface area contributed by atoms with E-state index in [1.54, 1.807) is 11.3 Å². The summed E-state index contributed by atoms with van der Waals surface area (Å²) < 4.78 is 0. The van der Waals surface area contributed by atoms with Crippen LogP contribution in [0.4, 0.5) is 5.13 Å². The van der Waals surface area contributed by atoms with Gasteiger partial charge in [-0.05, 0) is 25.3 Å². The largest absolute Gasteiger partial charge is 0.348 e. The highest BCUT2D eigenvalue weighted by Crippen LogP contribution is 2.25. The lowest BCUT2D eigenvalue weighted by Crippen LogP contribution is -2.34. The van der Waals surface area contributed by atoms with Crippen LogP contribution in [0, 0.1) is 5.92 Å². The minimum atomic E-state index is 0.815. The van der Waals surface area contributed by atoms with Crippen LogP contribution in [0.3, 0.4) is 0 Å². The van der Waals surface area contributed by atoms with Crippen LogP contribution in [0.1, 0.15) is 32.4 Å². The van der Waals surface area contributed by atoms with Crippen molar-refractivity contribution in [3.63, 3.8) is 0 Å². The predicted octanol–water partition coefficient (Wildman–Crippen LogP) is 2.49. The van der Waals surface area contributed by atoms with Crippen molar-refractivity contribution in [1.29, 1.82) is 0 Å². The Labute approximate surface area is 102 Å². The molecule has 2 rings (SSSR count). The van der Waals surface area contributed by atoms with Crippen LogP contribution in [0.15, 0.2) is 5.38 Å². The number of nitrogens with one attached hydrogen (secondary N) is 1. The molecule has 3 nitrogen and oxygen atoms in total. The molecule has 1 aliphatic rings. The van der Waals surface area contributed by atoms with Gasteiger partial charge < -0.3 is 10.2 Å². The van der Waals surface area contributed by atoms with Crippen LogP contribution >= 0.6 is 11.3 Å². The SMILES string of the molecule is CCNCc1csc(N2CCCC(C)C2)n1. The first-order chi connectivity index (χ1) is 7.79. The summed E-state index contributed by atoms with van der Waals surface area (Å²) in [4.78, 5) is 7.13. The Hall–Kier alpha value is -0.610. The van der Waals surface area contributed by atoms with Gasteiger partial charge in [-0.15, -0.1) is 11.3 Å². The van der Waals surface area contributed by atoms with E-state index in [1.165, 1.54) is 36.8 Å². The fraction of sp³-hybridized carbons (Fsp3) is 0.750. The number of piperidine rings is 1. The second-order valence-corrected chi connectivity index (χ2v) is 5.43. The molecule has 0 bridgehead atoms. The zero-order valence-electron chi connectivity index (χ0n) is 10.2. The summed E-state index contributed by atoms with van der Waals surface area (Å²) in [6.45, 7) is 8.72. The van der Waals surface area contributed by atoms with Crippen LogP contribution in [-0.4, -0.2) is 24.6 Å². The van der Waals surface area contributed by atoms with Crippen LogP contribution in [-0.2, 0) is 6.54 Å². The van der Waals surface area contributed by atoms with Crippen molar-refractivity contribution in [2.75, 3.05) is 24.5 Å². The summed E-state index contributed by atoms with van der Waals surface area (Å²) in [6, 6.07) is 0. The number of nitrogens with zero attached hydrogens (tertiary/aromatic N) is 2. The summed E-state index contributed by atoms with van der Waals surface area (Å²) in [7, 11) is 0. The Morgan fingerprint density at radius 2 is 2.50 bits per heavy atom. The highest BCUT2D eigenvalue weighted by atomic mass is 32.1. The van der Waals surface area contributed by atoms with Gasteiger partial charge in [0.15, 0.2) is 5.13 Å². The minimum Gasteiger partial charge on any atom is -0.348 e. The van der Waals surface area contributed by atoms with Gasteiger partial charge in [-0.25, -0.2) is 4.98 Å². The average Bonchev–Trinajstić information content (AvgIpc) is 2.75. The first kappa shape index (κ1) is 11.9. The molecule has 2 heterocycles. The first-order valence-electron chi connectivity index (χ1n) is 6.19. The van der Waals surface area contributed by atoms with E-state index >= 15 is 0 Å². The molecule has 0 amide bonds. The summed E-state index contributed by atoms with van der Waals surface area (Å²) in [6.07, 6.45) is 2.68. The molecule has 4 heteroatoms. The Kier molecular flexibility index (Phi) is 4.18. The maximum atomic E-state index is 4.69. The molecule has 0 spiro atoms. The molecular formula is C12H21N3S. The lowest BCUT2D eigenvalue weighted by Gasteiger charge is -2.30. The Morgan fingerprint density at radius 3 is 3.25 bits per heavy atom.